The normalized spacial score (nSPS) is 20.3. The third-order valence-corrected chi connectivity index (χ3v) is 6.19. The lowest BCUT2D eigenvalue weighted by Crippen LogP contribution is -2.70. The van der Waals surface area contributed by atoms with Crippen LogP contribution >= 0.6 is 11.8 Å². The Hall–Kier alpha value is -3.38. The molecule has 3 rings (SSSR count). The quantitative estimate of drug-likeness (QED) is 0.264. The van der Waals surface area contributed by atoms with E-state index in [9.17, 15) is 29.1 Å². The number of nitrogens with one attached hydrogen (secondary N) is 1. The first-order valence-electron chi connectivity index (χ1n) is 9.89. The summed E-state index contributed by atoms with van der Waals surface area (Å²) in [4.78, 5) is 60.7. The van der Waals surface area contributed by atoms with Crippen molar-refractivity contribution in [2.45, 2.75) is 38.0 Å². The van der Waals surface area contributed by atoms with Crippen LogP contribution in [0.3, 0.4) is 0 Å². The third kappa shape index (κ3) is 5.52. The Morgan fingerprint density at radius 3 is 2.48 bits per heavy atom. The van der Waals surface area contributed by atoms with Gasteiger partial charge in [0.25, 0.3) is 5.91 Å². The number of ether oxygens (including phenoxy) is 2. The van der Waals surface area contributed by atoms with Crippen molar-refractivity contribution >= 4 is 41.5 Å². The highest BCUT2D eigenvalue weighted by molar-refractivity contribution is 8.00. The van der Waals surface area contributed by atoms with Gasteiger partial charge in [-0.1, -0.05) is 12.1 Å². The fraction of sp³-hybridized carbons (Fsp3) is 0.381. The van der Waals surface area contributed by atoms with Crippen LogP contribution < -0.4 is 5.32 Å². The molecular formula is C21H22N2O9S. The molecule has 2 amide bonds. The largest absolute Gasteiger partial charge is 0.477 e. The van der Waals surface area contributed by atoms with Gasteiger partial charge in [0.1, 0.15) is 23.7 Å². The molecule has 33 heavy (non-hydrogen) atoms. The van der Waals surface area contributed by atoms with Crippen molar-refractivity contribution in [3.05, 3.63) is 46.7 Å². The Labute approximate surface area is 192 Å². The summed E-state index contributed by atoms with van der Waals surface area (Å²) in [6.07, 6.45) is -1.30. The van der Waals surface area contributed by atoms with Gasteiger partial charge in [0.15, 0.2) is 6.29 Å². The minimum Gasteiger partial charge on any atom is -0.477 e. The topological polar surface area (TPSA) is 160 Å². The number of carboxylic acid groups (broad SMARTS) is 1. The number of β-lactam (4-membered cyclic amide) rings is 1. The lowest BCUT2D eigenvalue weighted by molar-refractivity contribution is -0.151. The molecule has 2 aliphatic rings. The van der Waals surface area contributed by atoms with Gasteiger partial charge in [-0.3, -0.25) is 19.3 Å². The molecule has 12 heteroatoms. The highest BCUT2D eigenvalue weighted by Gasteiger charge is 2.54. The van der Waals surface area contributed by atoms with Crippen molar-refractivity contribution in [1.82, 2.24) is 10.2 Å². The fourth-order valence-corrected chi connectivity index (χ4v) is 4.70. The van der Waals surface area contributed by atoms with Gasteiger partial charge in [-0.15, -0.1) is 11.8 Å². The summed E-state index contributed by atoms with van der Waals surface area (Å²) in [7, 11) is 0. The summed E-state index contributed by atoms with van der Waals surface area (Å²) in [5.74, 6) is -3.35. The maximum atomic E-state index is 12.6. The molecule has 176 valence electrons. The second-order valence-corrected chi connectivity index (χ2v) is 8.48. The number of fused-ring (bicyclic) bond motifs is 1. The molecule has 1 saturated heterocycles. The predicted molar refractivity (Wildman–Crippen MR) is 114 cm³/mol. The average molecular weight is 478 g/mol. The standard InChI is InChI=1S/C21H22N2O9S/c1-10(24)31-8-14-9-33-19-16(18(27)23(19)17(14)20(28)29)22-15(26)7-12-3-5-13(6-4-12)21(30)32-11(2)25/h3-6,11,16,19,25H,7-9H2,1-2H3,(H,22,26)(H,28,29)/t11?,16?,19-/m0/s1. The van der Waals surface area contributed by atoms with Crippen molar-refractivity contribution in [3.63, 3.8) is 0 Å². The Bertz CT molecular complexity index is 1020. The number of esters is 2. The highest BCUT2D eigenvalue weighted by Crippen LogP contribution is 2.40. The highest BCUT2D eigenvalue weighted by atomic mass is 32.2. The number of hydrogen-bond donors (Lipinski definition) is 3. The molecule has 1 aromatic carbocycles. The van der Waals surface area contributed by atoms with Crippen LogP contribution in [0.2, 0.25) is 0 Å². The molecule has 0 spiro atoms. The molecule has 0 aliphatic carbocycles. The summed E-state index contributed by atoms with van der Waals surface area (Å²) >= 11 is 1.27. The minimum absolute atomic E-state index is 0.0633. The molecule has 2 aliphatic heterocycles. The lowest BCUT2D eigenvalue weighted by Gasteiger charge is -2.49. The number of nitrogens with zero attached hydrogens (tertiary/aromatic N) is 1. The zero-order valence-electron chi connectivity index (χ0n) is 17.8. The second-order valence-electron chi connectivity index (χ2n) is 7.37. The summed E-state index contributed by atoms with van der Waals surface area (Å²) < 4.78 is 9.56. The molecule has 0 aromatic heterocycles. The smallest absolute Gasteiger partial charge is 0.352 e. The summed E-state index contributed by atoms with van der Waals surface area (Å²) in [5.41, 5.74) is 0.873. The van der Waals surface area contributed by atoms with Crippen molar-refractivity contribution in [3.8, 4) is 0 Å². The van der Waals surface area contributed by atoms with E-state index in [-0.39, 0.29) is 30.0 Å². The van der Waals surface area contributed by atoms with E-state index in [2.05, 4.69) is 10.1 Å². The number of aliphatic hydroxyl groups is 1. The number of aliphatic hydroxyl groups excluding tert-OH is 1. The Balaban J connectivity index is 1.61. The molecule has 1 aromatic rings. The monoisotopic (exact) mass is 478 g/mol. The van der Waals surface area contributed by atoms with Crippen molar-refractivity contribution in [2.75, 3.05) is 12.4 Å². The minimum atomic E-state index is -1.31. The maximum Gasteiger partial charge on any atom is 0.352 e. The fourth-order valence-electron chi connectivity index (χ4n) is 3.37. The number of rotatable bonds is 8. The summed E-state index contributed by atoms with van der Waals surface area (Å²) in [6, 6.07) is 5.13. The van der Waals surface area contributed by atoms with Gasteiger partial charge in [0.2, 0.25) is 5.91 Å². The van der Waals surface area contributed by atoms with E-state index in [4.69, 9.17) is 9.84 Å². The Morgan fingerprint density at radius 1 is 1.24 bits per heavy atom. The van der Waals surface area contributed by atoms with Crippen LogP contribution in [0.4, 0.5) is 0 Å². The molecular weight excluding hydrogens is 456 g/mol. The van der Waals surface area contributed by atoms with E-state index >= 15 is 0 Å². The molecule has 2 unspecified atom stereocenters. The molecule has 0 bridgehead atoms. The van der Waals surface area contributed by atoms with E-state index in [1.54, 1.807) is 12.1 Å². The van der Waals surface area contributed by atoms with Gasteiger partial charge in [-0.2, -0.15) is 0 Å². The van der Waals surface area contributed by atoms with Gasteiger partial charge in [-0.25, -0.2) is 9.59 Å². The molecule has 0 radical (unpaired) electrons. The van der Waals surface area contributed by atoms with E-state index < -0.39 is 47.4 Å². The zero-order chi connectivity index (χ0) is 24.3. The van der Waals surface area contributed by atoms with Gasteiger partial charge in [0.05, 0.1) is 12.0 Å². The van der Waals surface area contributed by atoms with E-state index in [1.165, 1.54) is 37.7 Å². The van der Waals surface area contributed by atoms with Gasteiger partial charge in [-0.05, 0) is 24.6 Å². The van der Waals surface area contributed by atoms with Gasteiger partial charge in [0, 0.05) is 18.2 Å². The van der Waals surface area contributed by atoms with E-state index in [1.807, 2.05) is 0 Å². The van der Waals surface area contributed by atoms with Crippen molar-refractivity contribution < 1.29 is 43.7 Å². The Morgan fingerprint density at radius 2 is 1.91 bits per heavy atom. The van der Waals surface area contributed by atoms with Crippen LogP contribution in [0.25, 0.3) is 0 Å². The number of thioether (sulfide) groups is 1. The van der Waals surface area contributed by atoms with Crippen LogP contribution in [0, 0.1) is 0 Å². The van der Waals surface area contributed by atoms with Crippen LogP contribution in [0.1, 0.15) is 29.8 Å². The molecule has 3 N–H and O–H groups in total. The van der Waals surface area contributed by atoms with Crippen molar-refractivity contribution in [1.29, 1.82) is 0 Å². The van der Waals surface area contributed by atoms with Crippen LogP contribution in [-0.2, 0) is 35.1 Å². The molecule has 11 nitrogen and oxygen atoms in total. The van der Waals surface area contributed by atoms with Crippen LogP contribution in [0.5, 0.6) is 0 Å². The van der Waals surface area contributed by atoms with Gasteiger partial charge >= 0.3 is 17.9 Å². The molecule has 1 fully saturated rings. The first-order valence-corrected chi connectivity index (χ1v) is 10.9. The number of amides is 2. The SMILES string of the molecule is CC(=O)OCC1=C(C(=O)O)N2C(=O)C(NC(=O)Cc3ccc(C(=O)OC(C)O)cc3)[C@@H]2SC1. The van der Waals surface area contributed by atoms with Gasteiger partial charge < -0.3 is 25.0 Å². The number of carbonyl (C=O) groups is 5. The number of carboxylic acids is 1. The number of benzene rings is 1. The van der Waals surface area contributed by atoms with Crippen molar-refractivity contribution in [2.24, 2.45) is 0 Å². The van der Waals surface area contributed by atoms with E-state index in [0.29, 0.717) is 11.1 Å². The predicted octanol–water partition coefficient (Wildman–Crippen LogP) is 0.0259. The first-order chi connectivity index (χ1) is 15.6. The summed E-state index contributed by atoms with van der Waals surface area (Å²) in [5, 5.41) is 20.7. The third-order valence-electron chi connectivity index (χ3n) is 4.85. The summed E-state index contributed by atoms with van der Waals surface area (Å²) in [6.45, 7) is 2.28. The molecule has 2 heterocycles. The molecule has 3 atom stereocenters. The first kappa shape index (κ1) is 24.3. The zero-order valence-corrected chi connectivity index (χ0v) is 18.6. The van der Waals surface area contributed by atoms with E-state index in [0.717, 1.165) is 4.90 Å². The van der Waals surface area contributed by atoms with Crippen LogP contribution in [0.15, 0.2) is 35.5 Å². The Kier molecular flexibility index (Phi) is 7.39. The molecule has 0 saturated carbocycles. The average Bonchev–Trinajstić information content (AvgIpc) is 2.75. The van der Waals surface area contributed by atoms with Crippen LogP contribution in [-0.4, -0.2) is 74.9 Å². The number of aliphatic carboxylic acids is 1. The lowest BCUT2D eigenvalue weighted by atomic mass is 10.0. The maximum absolute atomic E-state index is 12.6. The second kappa shape index (κ2) is 10.0. The number of carbonyl (C=O) groups excluding carboxylic acids is 4. The number of hydrogen-bond acceptors (Lipinski definition) is 9.